The molecule has 6 aromatic carbocycles. The summed E-state index contributed by atoms with van der Waals surface area (Å²) in [6, 6.07) is 24.6. The number of fused-ring (bicyclic) bond motifs is 3. The van der Waals surface area contributed by atoms with E-state index in [1.807, 2.05) is 0 Å². The second kappa shape index (κ2) is 26.4. The molecule has 0 saturated carbocycles. The molecule has 3 unspecified atom stereocenters. The third-order valence-corrected chi connectivity index (χ3v) is 18.6. The molecule has 7 N–H and O–H groups in total. The first kappa shape index (κ1) is 63.9. The van der Waals surface area contributed by atoms with Crippen molar-refractivity contribution in [1.29, 1.82) is 0 Å². The molecule has 9 aromatic rings. The van der Waals surface area contributed by atoms with Gasteiger partial charge in [-0.15, -0.1) is 0 Å². The van der Waals surface area contributed by atoms with Crippen LogP contribution in [-0.4, -0.2) is 87.3 Å². The average molecular weight is 1390 g/mol. The lowest BCUT2D eigenvalue weighted by atomic mass is 10.0. The molecule has 19 nitrogen and oxygen atoms in total. The van der Waals surface area contributed by atoms with E-state index in [1.165, 1.54) is 55.1 Å². The zero-order valence-electron chi connectivity index (χ0n) is 47.1. The predicted molar refractivity (Wildman–Crippen MR) is 352 cm³/mol. The molecule has 0 radical (unpaired) electrons. The van der Waals surface area contributed by atoms with Crippen molar-refractivity contribution in [2.24, 2.45) is 15.0 Å². The van der Waals surface area contributed by atoms with Crippen molar-refractivity contribution >= 4 is 148 Å². The SMILES string of the molecule is O=c1[nH]c(/C=C2\C=Nc3c2ccc(Cl)c3F)c(O)n1C(CCO[P+](O)(OCCC(c1ccc(Cl)cc1)n1c(O)c(/C=C2\C=Nc3c2ccc(Cl)c3F)[nH]c1=O)OCCC(c1ccc(Cl)cc1)n1c(O)c(/C=C2\C=Nc3c2ccc(Cl)c3F)[nH]c1=O)c1ccc(Cl)cc1. The van der Waals surface area contributed by atoms with Gasteiger partial charge < -0.3 is 30.3 Å². The minimum Gasteiger partial charge on any atom is -0.493 e. The molecular formula is C63H46Cl6F3N9O10P+. The van der Waals surface area contributed by atoms with E-state index in [-0.39, 0.29) is 68.5 Å². The average Bonchev–Trinajstić information content (AvgIpc) is 1.66. The highest BCUT2D eigenvalue weighted by molar-refractivity contribution is 7.55. The number of nitrogens with one attached hydrogen (secondary N) is 3. The summed E-state index contributed by atoms with van der Waals surface area (Å²) in [6.07, 6.45) is 7.74. The number of H-pyrrole nitrogens is 3. The Bertz CT molecular complexity index is 4320. The minimum absolute atomic E-state index is 0.0264. The number of hydrogen-bond donors (Lipinski definition) is 7. The molecule has 0 saturated heterocycles. The van der Waals surface area contributed by atoms with Crippen LogP contribution < -0.4 is 17.1 Å². The van der Waals surface area contributed by atoms with Crippen LogP contribution in [0.4, 0.5) is 30.2 Å². The fraction of sp³-hybridized carbons (Fsp3) is 0.143. The highest BCUT2D eigenvalue weighted by Gasteiger charge is 2.46. The normalized spacial score (nSPS) is 16.0. The van der Waals surface area contributed by atoms with Crippen LogP contribution >= 0.6 is 77.8 Å². The number of halogens is 9. The highest BCUT2D eigenvalue weighted by Crippen LogP contribution is 2.59. The van der Waals surface area contributed by atoms with Crippen molar-refractivity contribution < 1.29 is 47.0 Å². The molecule has 29 heteroatoms. The molecule has 3 aliphatic rings. The maximum Gasteiger partial charge on any atom is 0.572 e. The van der Waals surface area contributed by atoms with Crippen molar-refractivity contribution in [1.82, 2.24) is 28.7 Å². The van der Waals surface area contributed by atoms with Gasteiger partial charge in [0.15, 0.2) is 17.5 Å². The molecule has 0 bridgehead atoms. The number of aliphatic imine (C=N–C) groups is 3. The van der Waals surface area contributed by atoms with Gasteiger partial charge in [-0.3, -0.25) is 28.7 Å². The zero-order valence-corrected chi connectivity index (χ0v) is 52.5. The lowest BCUT2D eigenvalue weighted by Crippen LogP contribution is -2.25. The lowest BCUT2D eigenvalue weighted by Gasteiger charge is -2.23. The summed E-state index contributed by atoms with van der Waals surface area (Å²) < 4.78 is 66.8. The van der Waals surface area contributed by atoms with Gasteiger partial charge in [-0.2, -0.15) is 18.5 Å². The van der Waals surface area contributed by atoms with Gasteiger partial charge >= 0.3 is 25.2 Å². The molecule has 6 heterocycles. The second-order valence-electron chi connectivity index (χ2n) is 21.0. The van der Waals surface area contributed by atoms with E-state index in [9.17, 15) is 47.8 Å². The third-order valence-electron chi connectivity index (χ3n) is 15.5. The van der Waals surface area contributed by atoms with Gasteiger partial charge in [-0.1, -0.05) is 124 Å². The summed E-state index contributed by atoms with van der Waals surface area (Å²) >= 11 is 37.0. The predicted octanol–water partition coefficient (Wildman–Crippen LogP) is 15.4. The molecule has 3 aromatic heterocycles. The number of aromatic amines is 3. The van der Waals surface area contributed by atoms with E-state index in [0.717, 1.165) is 13.7 Å². The lowest BCUT2D eigenvalue weighted by molar-refractivity contribution is 0.0725. The van der Waals surface area contributed by atoms with E-state index < -0.39 is 98.3 Å². The molecule has 0 spiro atoms. The Kier molecular flexibility index (Phi) is 18.3. The molecule has 3 aliphatic heterocycles. The summed E-state index contributed by atoms with van der Waals surface area (Å²) in [4.78, 5) is 75.2. The Hall–Kier alpha value is -8.22. The monoisotopic (exact) mass is 1390 g/mol. The number of allylic oxidation sites excluding steroid dienone is 3. The summed E-state index contributed by atoms with van der Waals surface area (Å²) in [5.41, 5.74) is 0.795. The fourth-order valence-electron chi connectivity index (χ4n) is 11.0. The second-order valence-corrected chi connectivity index (χ2v) is 25.2. The Labute approximate surface area is 549 Å². The van der Waals surface area contributed by atoms with Crippen LogP contribution in [-0.2, 0) is 13.6 Å². The quantitative estimate of drug-likeness (QED) is 0.0335. The Morgan fingerprint density at radius 3 is 0.957 bits per heavy atom. The topological polar surface area (TPSA) is 259 Å². The molecule has 12 rings (SSSR count). The van der Waals surface area contributed by atoms with Gasteiger partial charge in [0.1, 0.15) is 54.0 Å². The zero-order chi connectivity index (χ0) is 64.9. The molecule has 470 valence electrons. The Morgan fingerprint density at radius 1 is 0.435 bits per heavy atom. The summed E-state index contributed by atoms with van der Waals surface area (Å²) in [6.45, 7) is -1.41. The molecular weight excluding hydrogens is 1340 g/mol. The van der Waals surface area contributed by atoms with Crippen molar-refractivity contribution in [3.63, 3.8) is 0 Å². The first-order chi connectivity index (χ1) is 44.1. The summed E-state index contributed by atoms with van der Waals surface area (Å²) in [5.74, 6) is -3.87. The van der Waals surface area contributed by atoms with Gasteiger partial charge in [0.05, 0.1) is 33.2 Å². The molecule has 0 amide bonds. The van der Waals surface area contributed by atoms with Crippen molar-refractivity contribution in [3.8, 4) is 17.6 Å². The Balaban J connectivity index is 0.865. The number of hydrogen-bond acceptors (Lipinski definition) is 13. The van der Waals surface area contributed by atoms with Crippen LogP contribution in [0.2, 0.25) is 30.1 Å². The van der Waals surface area contributed by atoms with Gasteiger partial charge in [0, 0.05) is 86.4 Å². The van der Waals surface area contributed by atoms with Gasteiger partial charge in [-0.05, 0) is 89.5 Å². The number of benzene rings is 6. The van der Waals surface area contributed by atoms with Crippen LogP contribution in [0.1, 0.15) is 87.9 Å². The molecule has 0 aliphatic carbocycles. The van der Waals surface area contributed by atoms with Crippen molar-refractivity contribution in [2.45, 2.75) is 37.4 Å². The first-order valence-electron chi connectivity index (χ1n) is 27.8. The Morgan fingerprint density at radius 2 is 0.696 bits per heavy atom. The number of aromatic nitrogens is 6. The van der Waals surface area contributed by atoms with Crippen molar-refractivity contribution in [2.75, 3.05) is 19.8 Å². The summed E-state index contributed by atoms with van der Waals surface area (Å²) in [5, 5.41) is 36.2. The van der Waals surface area contributed by atoms with Crippen LogP contribution in [0.3, 0.4) is 0 Å². The highest BCUT2D eigenvalue weighted by atomic mass is 35.5. The maximum absolute atomic E-state index is 15.0. The number of imidazole rings is 3. The van der Waals surface area contributed by atoms with Crippen LogP contribution in [0.25, 0.3) is 34.9 Å². The van der Waals surface area contributed by atoms with Gasteiger partial charge in [0.25, 0.3) is 0 Å². The van der Waals surface area contributed by atoms with Crippen molar-refractivity contribution in [3.05, 3.63) is 239 Å². The number of nitrogens with zero attached hydrogens (tertiary/aromatic N) is 6. The molecule has 0 fully saturated rings. The van der Waals surface area contributed by atoms with Gasteiger partial charge in [-0.25, -0.2) is 27.6 Å². The third kappa shape index (κ3) is 12.7. The van der Waals surface area contributed by atoms with E-state index in [0.29, 0.717) is 65.2 Å². The van der Waals surface area contributed by atoms with Crippen LogP contribution in [0, 0.1) is 17.5 Å². The maximum atomic E-state index is 15.0. The van der Waals surface area contributed by atoms with E-state index >= 15 is 0 Å². The number of rotatable bonds is 21. The summed E-state index contributed by atoms with van der Waals surface area (Å²) in [7, 11) is -4.67. The minimum atomic E-state index is -4.67. The van der Waals surface area contributed by atoms with Crippen LogP contribution in [0.5, 0.6) is 17.6 Å². The largest absolute Gasteiger partial charge is 0.572 e. The van der Waals surface area contributed by atoms with Crippen LogP contribution in [0.15, 0.2) is 139 Å². The van der Waals surface area contributed by atoms with E-state index in [1.54, 1.807) is 91.0 Å². The van der Waals surface area contributed by atoms with Gasteiger partial charge in [0.2, 0.25) is 17.6 Å². The smallest absolute Gasteiger partial charge is 0.493 e. The first-order valence-corrected chi connectivity index (χ1v) is 31.6. The van der Waals surface area contributed by atoms with E-state index in [2.05, 4.69) is 29.9 Å². The standard InChI is InChI=1S/C63H45Cl6F3N9O10P/c64-37-7-1-31(2-8-37)49(79-58(82)46(76-61(79)85)25-34-28-73-55-40(34)13-16-43(67)52(55)70)19-22-89-92(88,90-23-20-50(32-3-9-38(65)10-4-32)80-59(83)47(77-62(80)86)26-35-29-74-56-41(35)14-17-44(68)53(56)71)91-24-21-51(33-5-11-39(66)12-6-33)81-60(84)48(78-63(81)87)27-36-30-75-57-42(36)15-18-45(69)54(57)72/h1-18,25-30,49-51,88H,19-24H2,(H5-,73,74,75,76,77,78,82,83,84,85,86,87)/p+1. The molecule has 92 heavy (non-hydrogen) atoms. The van der Waals surface area contributed by atoms with E-state index in [4.69, 9.17) is 83.2 Å². The number of aromatic hydroxyl groups is 3. The molecule has 3 atom stereocenters. The fourth-order valence-corrected chi connectivity index (χ4v) is 13.1.